The highest BCUT2D eigenvalue weighted by Gasteiger charge is 2.29. The number of rotatable bonds is 8. The van der Waals surface area contributed by atoms with E-state index >= 15 is 0 Å². The zero-order chi connectivity index (χ0) is 23.2. The van der Waals surface area contributed by atoms with Gasteiger partial charge in [0.05, 0.1) is 4.90 Å². The van der Waals surface area contributed by atoms with Gasteiger partial charge in [0.1, 0.15) is 6.04 Å². The summed E-state index contributed by atoms with van der Waals surface area (Å²) in [5.41, 5.74) is 6.44. The molecule has 3 aromatic rings. The van der Waals surface area contributed by atoms with Crippen LogP contribution in [0.4, 0.5) is 0 Å². The van der Waals surface area contributed by atoms with E-state index in [2.05, 4.69) is 5.32 Å². The van der Waals surface area contributed by atoms with Crippen LogP contribution in [0.1, 0.15) is 18.4 Å². The zero-order valence-electron chi connectivity index (χ0n) is 18.2. The molecule has 4 rings (SSSR count). The van der Waals surface area contributed by atoms with Gasteiger partial charge in [0, 0.05) is 25.4 Å². The SMILES string of the molecule is NC(=O)C(Cc1ccccc1)NC(=O)C1CCN(OS(=O)c2ccc3ccccc3c2)CC1. The lowest BCUT2D eigenvalue weighted by molar-refractivity contribution is -0.134. The Morgan fingerprint density at radius 2 is 1.67 bits per heavy atom. The van der Waals surface area contributed by atoms with Crippen LogP contribution in [0.2, 0.25) is 0 Å². The van der Waals surface area contributed by atoms with Crippen molar-refractivity contribution in [1.82, 2.24) is 10.4 Å². The van der Waals surface area contributed by atoms with Crippen LogP contribution < -0.4 is 11.1 Å². The van der Waals surface area contributed by atoms with Crippen molar-refractivity contribution in [3.05, 3.63) is 78.4 Å². The minimum Gasteiger partial charge on any atom is -0.368 e. The summed E-state index contributed by atoms with van der Waals surface area (Å²) in [5, 5.41) is 6.52. The third kappa shape index (κ3) is 6.04. The summed E-state index contributed by atoms with van der Waals surface area (Å²) < 4.78 is 18.3. The predicted octanol–water partition coefficient (Wildman–Crippen LogP) is 2.72. The normalized spacial score (nSPS) is 16.8. The molecular weight excluding hydrogens is 438 g/mol. The van der Waals surface area contributed by atoms with Crippen molar-refractivity contribution in [2.24, 2.45) is 11.7 Å². The predicted molar refractivity (Wildman–Crippen MR) is 127 cm³/mol. The molecule has 7 nitrogen and oxygen atoms in total. The maximum absolute atomic E-state index is 12.7. The van der Waals surface area contributed by atoms with Gasteiger partial charge in [-0.25, -0.2) is 4.21 Å². The molecule has 2 unspecified atom stereocenters. The van der Waals surface area contributed by atoms with Crippen LogP contribution in [0.25, 0.3) is 10.8 Å². The molecule has 1 aliphatic heterocycles. The van der Waals surface area contributed by atoms with E-state index in [1.54, 1.807) is 11.1 Å². The van der Waals surface area contributed by atoms with Crippen molar-refractivity contribution in [3.8, 4) is 0 Å². The highest BCUT2D eigenvalue weighted by molar-refractivity contribution is 7.80. The van der Waals surface area contributed by atoms with Crippen LogP contribution in [-0.4, -0.2) is 40.2 Å². The number of nitrogens with two attached hydrogens (primary N) is 1. The molecule has 0 aromatic heterocycles. The average molecular weight is 466 g/mol. The van der Waals surface area contributed by atoms with E-state index in [9.17, 15) is 13.8 Å². The number of hydrogen-bond acceptors (Lipinski definition) is 5. The molecule has 3 N–H and O–H groups in total. The summed E-state index contributed by atoms with van der Waals surface area (Å²) in [7, 11) is 0. The highest BCUT2D eigenvalue weighted by atomic mass is 32.2. The van der Waals surface area contributed by atoms with E-state index in [-0.39, 0.29) is 11.8 Å². The fraction of sp³-hybridized carbons (Fsp3) is 0.280. The lowest BCUT2D eigenvalue weighted by Gasteiger charge is -2.30. The summed E-state index contributed by atoms with van der Waals surface area (Å²) in [6.45, 7) is 0.939. The van der Waals surface area contributed by atoms with Gasteiger partial charge in [-0.05, 0) is 41.3 Å². The van der Waals surface area contributed by atoms with Gasteiger partial charge in [-0.1, -0.05) is 60.7 Å². The van der Waals surface area contributed by atoms with Gasteiger partial charge < -0.3 is 11.1 Å². The molecule has 0 bridgehead atoms. The van der Waals surface area contributed by atoms with E-state index in [1.165, 1.54) is 0 Å². The summed E-state index contributed by atoms with van der Waals surface area (Å²) >= 11 is -1.63. The number of carbonyl (C=O) groups is 2. The third-order valence-corrected chi connectivity index (χ3v) is 6.84. The first kappa shape index (κ1) is 23.1. The van der Waals surface area contributed by atoms with Crippen molar-refractivity contribution in [2.45, 2.75) is 30.2 Å². The highest BCUT2D eigenvalue weighted by Crippen LogP contribution is 2.22. The summed E-state index contributed by atoms with van der Waals surface area (Å²) in [6, 6.07) is 22.2. The van der Waals surface area contributed by atoms with Crippen molar-refractivity contribution in [2.75, 3.05) is 13.1 Å². The van der Waals surface area contributed by atoms with Crippen molar-refractivity contribution >= 4 is 33.7 Å². The largest absolute Gasteiger partial charge is 0.368 e. The second kappa shape index (κ2) is 10.7. The number of nitrogens with one attached hydrogen (secondary N) is 1. The second-order valence-electron chi connectivity index (χ2n) is 8.17. The fourth-order valence-electron chi connectivity index (χ4n) is 3.96. The quantitative estimate of drug-likeness (QED) is 0.533. The van der Waals surface area contributed by atoms with Gasteiger partial charge in [-0.2, -0.15) is 9.35 Å². The van der Waals surface area contributed by atoms with Gasteiger partial charge in [-0.3, -0.25) is 9.59 Å². The van der Waals surface area contributed by atoms with E-state index in [4.69, 9.17) is 10.0 Å². The Labute approximate surface area is 195 Å². The summed E-state index contributed by atoms with van der Waals surface area (Å²) in [5.74, 6) is -1.000. The first-order valence-electron chi connectivity index (χ1n) is 11.0. The molecule has 1 heterocycles. The second-order valence-corrected chi connectivity index (χ2v) is 9.26. The lowest BCUT2D eigenvalue weighted by atomic mass is 9.96. The Bertz CT molecular complexity index is 1150. The molecular formula is C25H27N3O4S. The minimum atomic E-state index is -1.63. The molecule has 0 aliphatic carbocycles. The van der Waals surface area contributed by atoms with Crippen LogP contribution in [0.5, 0.6) is 0 Å². The number of hydrogen-bond donors (Lipinski definition) is 2. The molecule has 8 heteroatoms. The smallest absolute Gasteiger partial charge is 0.240 e. The molecule has 1 saturated heterocycles. The molecule has 0 radical (unpaired) electrons. The van der Waals surface area contributed by atoms with E-state index < -0.39 is 23.0 Å². The number of nitrogens with zero attached hydrogens (tertiary/aromatic N) is 1. The monoisotopic (exact) mass is 465 g/mol. The van der Waals surface area contributed by atoms with Gasteiger partial charge in [0.25, 0.3) is 0 Å². The van der Waals surface area contributed by atoms with Crippen LogP contribution in [0, 0.1) is 5.92 Å². The first-order chi connectivity index (χ1) is 16.0. The Hall–Kier alpha value is -3.07. The topological polar surface area (TPSA) is 102 Å². The Morgan fingerprint density at radius 1 is 1.00 bits per heavy atom. The van der Waals surface area contributed by atoms with Gasteiger partial charge in [0.2, 0.25) is 22.9 Å². The number of amides is 2. The first-order valence-corrected chi connectivity index (χ1v) is 12.0. The number of piperidine rings is 1. The standard InChI is InChI=1S/C25H27N3O4S/c26-24(29)23(16-18-6-2-1-3-7-18)27-25(30)20-12-14-28(15-13-20)32-33(31)22-11-10-19-8-4-5-9-21(19)17-22/h1-11,17,20,23H,12-16H2,(H2,26,29)(H,27,30). The molecule has 172 valence electrons. The maximum atomic E-state index is 12.7. The maximum Gasteiger partial charge on any atom is 0.240 e. The zero-order valence-corrected chi connectivity index (χ0v) is 19.0. The summed E-state index contributed by atoms with van der Waals surface area (Å²) in [4.78, 5) is 25.2. The molecule has 0 saturated carbocycles. The molecule has 1 aliphatic rings. The Morgan fingerprint density at radius 3 is 2.36 bits per heavy atom. The van der Waals surface area contributed by atoms with Gasteiger partial charge in [0.15, 0.2) is 0 Å². The average Bonchev–Trinajstić information content (AvgIpc) is 2.84. The van der Waals surface area contributed by atoms with Crippen LogP contribution in [0.15, 0.2) is 77.7 Å². The molecule has 0 spiro atoms. The van der Waals surface area contributed by atoms with Crippen molar-refractivity contribution < 1.29 is 18.1 Å². The number of primary amides is 1. The van der Waals surface area contributed by atoms with Gasteiger partial charge in [-0.15, -0.1) is 0 Å². The number of hydroxylamine groups is 2. The van der Waals surface area contributed by atoms with Crippen LogP contribution in [0.3, 0.4) is 0 Å². The number of fused-ring (bicyclic) bond motifs is 1. The third-order valence-electron chi connectivity index (χ3n) is 5.85. The van der Waals surface area contributed by atoms with Gasteiger partial charge >= 0.3 is 0 Å². The molecule has 1 fully saturated rings. The Balaban J connectivity index is 1.28. The van der Waals surface area contributed by atoms with Crippen LogP contribution in [-0.2, 0) is 31.4 Å². The molecule has 3 aromatic carbocycles. The van der Waals surface area contributed by atoms with E-state index in [0.717, 1.165) is 16.3 Å². The molecule has 2 atom stereocenters. The fourth-order valence-corrected chi connectivity index (χ4v) is 4.79. The Kier molecular flexibility index (Phi) is 7.49. The number of benzene rings is 3. The van der Waals surface area contributed by atoms with Crippen molar-refractivity contribution in [3.63, 3.8) is 0 Å². The van der Waals surface area contributed by atoms with E-state index in [0.29, 0.717) is 37.2 Å². The molecule has 33 heavy (non-hydrogen) atoms. The minimum absolute atomic E-state index is 0.190. The summed E-state index contributed by atoms with van der Waals surface area (Å²) in [6.07, 6.45) is 1.43. The molecule has 2 amide bonds. The van der Waals surface area contributed by atoms with E-state index in [1.807, 2.05) is 66.7 Å². The number of carbonyl (C=O) groups excluding carboxylic acids is 2. The van der Waals surface area contributed by atoms with Crippen molar-refractivity contribution in [1.29, 1.82) is 0 Å². The van der Waals surface area contributed by atoms with Crippen LogP contribution >= 0.6 is 0 Å². The lowest BCUT2D eigenvalue weighted by Crippen LogP contribution is -2.49.